The number of benzene rings is 2. The van der Waals surface area contributed by atoms with Crippen LogP contribution in [0.2, 0.25) is 0 Å². The van der Waals surface area contributed by atoms with Gasteiger partial charge in [0.05, 0.1) is 6.61 Å². The molecule has 1 heterocycles. The van der Waals surface area contributed by atoms with E-state index >= 15 is 0 Å². The van der Waals surface area contributed by atoms with Gasteiger partial charge in [-0.15, -0.1) is 0 Å². The lowest BCUT2D eigenvalue weighted by atomic mass is 10.1. The number of amides is 1. The summed E-state index contributed by atoms with van der Waals surface area (Å²) in [4.78, 5) is 12.3. The lowest BCUT2D eigenvalue weighted by Gasteiger charge is -2.09. The van der Waals surface area contributed by atoms with Crippen molar-refractivity contribution in [3.05, 3.63) is 64.7 Å². The van der Waals surface area contributed by atoms with Crippen molar-refractivity contribution >= 4 is 5.91 Å². The van der Waals surface area contributed by atoms with Gasteiger partial charge < -0.3 is 20.1 Å². The second-order valence-electron chi connectivity index (χ2n) is 6.11. The minimum Gasteiger partial charge on any atom is -0.494 e. The molecular formula is C20H24N2O3. The molecule has 5 heteroatoms. The molecule has 0 spiro atoms. The molecule has 2 N–H and O–H groups in total. The summed E-state index contributed by atoms with van der Waals surface area (Å²) in [5, 5.41) is 6.30. The highest BCUT2D eigenvalue weighted by Crippen LogP contribution is 2.17. The van der Waals surface area contributed by atoms with Crippen LogP contribution in [-0.4, -0.2) is 26.2 Å². The van der Waals surface area contributed by atoms with Gasteiger partial charge in [0.1, 0.15) is 5.75 Å². The van der Waals surface area contributed by atoms with Gasteiger partial charge in [-0.3, -0.25) is 4.79 Å². The lowest BCUT2D eigenvalue weighted by molar-refractivity contribution is 0.0951. The van der Waals surface area contributed by atoms with Gasteiger partial charge in [-0.25, -0.2) is 0 Å². The highest BCUT2D eigenvalue weighted by atomic mass is 16.5. The number of ether oxygens (including phenoxy) is 2. The summed E-state index contributed by atoms with van der Waals surface area (Å²) >= 11 is 0. The first-order valence-corrected chi connectivity index (χ1v) is 8.57. The Morgan fingerprint density at radius 1 is 1.08 bits per heavy atom. The third kappa shape index (κ3) is 4.81. The molecule has 0 radical (unpaired) electrons. The van der Waals surface area contributed by atoms with Crippen LogP contribution in [0.3, 0.4) is 0 Å². The topological polar surface area (TPSA) is 59.6 Å². The number of fused-ring (bicyclic) bond motifs is 1. The van der Waals surface area contributed by atoms with Gasteiger partial charge in [0.25, 0.3) is 5.91 Å². The highest BCUT2D eigenvalue weighted by Gasteiger charge is 2.11. The minimum absolute atomic E-state index is 0.0791. The van der Waals surface area contributed by atoms with Crippen molar-refractivity contribution in [3.8, 4) is 5.75 Å². The molecule has 132 valence electrons. The third-order valence-electron chi connectivity index (χ3n) is 4.23. The van der Waals surface area contributed by atoms with Gasteiger partial charge in [0.2, 0.25) is 0 Å². The van der Waals surface area contributed by atoms with Crippen LogP contribution >= 0.6 is 0 Å². The Bertz CT molecular complexity index is 713. The second kappa shape index (κ2) is 8.65. The zero-order valence-corrected chi connectivity index (χ0v) is 14.5. The number of methoxy groups -OCH3 is 1. The first-order chi connectivity index (χ1) is 12.3. The third-order valence-corrected chi connectivity index (χ3v) is 4.23. The molecule has 1 amide bonds. The number of carbonyl (C=O) groups excluding carboxylic acids is 1. The summed E-state index contributed by atoms with van der Waals surface area (Å²) in [5.74, 6) is 0.684. The quantitative estimate of drug-likeness (QED) is 0.725. The van der Waals surface area contributed by atoms with Gasteiger partial charge in [-0.05, 0) is 41.0 Å². The summed E-state index contributed by atoms with van der Waals surface area (Å²) < 4.78 is 10.6. The zero-order chi connectivity index (χ0) is 17.5. The van der Waals surface area contributed by atoms with Crippen molar-refractivity contribution in [2.75, 3.05) is 20.3 Å². The van der Waals surface area contributed by atoms with Crippen LogP contribution in [0, 0.1) is 0 Å². The number of nitrogens with one attached hydrogen (secondary N) is 2. The Hall–Kier alpha value is -2.37. The summed E-state index contributed by atoms with van der Waals surface area (Å²) in [6.45, 7) is 3.65. The van der Waals surface area contributed by atoms with E-state index in [1.807, 2.05) is 12.1 Å². The van der Waals surface area contributed by atoms with E-state index in [4.69, 9.17) is 9.47 Å². The van der Waals surface area contributed by atoms with Crippen LogP contribution in [0.15, 0.2) is 42.5 Å². The van der Waals surface area contributed by atoms with E-state index in [9.17, 15) is 4.79 Å². The minimum atomic E-state index is -0.0791. The molecule has 1 aliphatic heterocycles. The van der Waals surface area contributed by atoms with E-state index in [1.165, 1.54) is 11.1 Å². The number of carbonyl (C=O) groups is 1. The SMILES string of the molecule is COCCCOc1ccc(C(=O)NCc2ccc3c(c2)CNC3)cc1. The van der Waals surface area contributed by atoms with Gasteiger partial charge in [-0.2, -0.15) is 0 Å². The van der Waals surface area contributed by atoms with Crippen LogP contribution in [0.4, 0.5) is 0 Å². The van der Waals surface area contributed by atoms with Gasteiger partial charge >= 0.3 is 0 Å². The molecule has 2 aromatic rings. The molecule has 0 bridgehead atoms. The maximum atomic E-state index is 12.3. The van der Waals surface area contributed by atoms with Crippen LogP contribution in [0.25, 0.3) is 0 Å². The van der Waals surface area contributed by atoms with Crippen LogP contribution < -0.4 is 15.4 Å². The van der Waals surface area contributed by atoms with Crippen molar-refractivity contribution < 1.29 is 14.3 Å². The standard InChI is InChI=1S/C20H24N2O3/c1-24-9-2-10-25-19-7-5-16(6-8-19)20(23)22-12-15-3-4-17-13-21-14-18(17)11-15/h3-8,11,21H,2,9-10,12-14H2,1H3,(H,22,23). The van der Waals surface area contributed by atoms with Crippen molar-refractivity contribution in [2.24, 2.45) is 0 Å². The van der Waals surface area contributed by atoms with Gasteiger partial charge in [0.15, 0.2) is 0 Å². The largest absolute Gasteiger partial charge is 0.494 e. The molecule has 0 unspecified atom stereocenters. The van der Waals surface area contributed by atoms with E-state index < -0.39 is 0 Å². The van der Waals surface area contributed by atoms with E-state index in [2.05, 4.69) is 28.8 Å². The molecule has 0 saturated heterocycles. The van der Waals surface area contributed by atoms with E-state index in [1.54, 1.807) is 19.2 Å². The van der Waals surface area contributed by atoms with Crippen molar-refractivity contribution in [1.29, 1.82) is 0 Å². The normalized spacial score (nSPS) is 12.7. The first-order valence-electron chi connectivity index (χ1n) is 8.57. The lowest BCUT2D eigenvalue weighted by Crippen LogP contribution is -2.22. The van der Waals surface area contributed by atoms with Crippen molar-refractivity contribution in [1.82, 2.24) is 10.6 Å². The maximum Gasteiger partial charge on any atom is 0.251 e. The van der Waals surface area contributed by atoms with Crippen molar-refractivity contribution in [3.63, 3.8) is 0 Å². The Kier molecular flexibility index (Phi) is 6.04. The number of hydrogen-bond acceptors (Lipinski definition) is 4. The predicted molar refractivity (Wildman–Crippen MR) is 96.6 cm³/mol. The molecule has 0 aliphatic carbocycles. The average molecular weight is 340 g/mol. The van der Waals surface area contributed by atoms with E-state index in [-0.39, 0.29) is 5.91 Å². The first kappa shape index (κ1) is 17.5. The number of hydrogen-bond donors (Lipinski definition) is 2. The summed E-state index contributed by atoms with van der Waals surface area (Å²) in [6.07, 6.45) is 0.842. The fraction of sp³-hybridized carbons (Fsp3) is 0.350. The molecule has 3 rings (SSSR count). The summed E-state index contributed by atoms with van der Waals surface area (Å²) in [7, 11) is 1.67. The van der Waals surface area contributed by atoms with Gasteiger partial charge in [-0.1, -0.05) is 18.2 Å². The fourth-order valence-electron chi connectivity index (χ4n) is 2.84. The van der Waals surface area contributed by atoms with Crippen LogP contribution in [0.5, 0.6) is 5.75 Å². The van der Waals surface area contributed by atoms with E-state index in [0.717, 1.165) is 30.8 Å². The Balaban J connectivity index is 1.49. The molecule has 5 nitrogen and oxygen atoms in total. The summed E-state index contributed by atoms with van der Waals surface area (Å²) in [5.41, 5.74) is 4.42. The number of rotatable bonds is 8. The second-order valence-corrected chi connectivity index (χ2v) is 6.11. The molecule has 0 atom stereocenters. The Morgan fingerprint density at radius 3 is 2.68 bits per heavy atom. The fourth-order valence-corrected chi connectivity index (χ4v) is 2.84. The average Bonchev–Trinajstić information content (AvgIpc) is 3.11. The molecule has 25 heavy (non-hydrogen) atoms. The van der Waals surface area contributed by atoms with Crippen LogP contribution in [0.1, 0.15) is 33.5 Å². The summed E-state index contributed by atoms with van der Waals surface area (Å²) in [6, 6.07) is 13.6. The smallest absolute Gasteiger partial charge is 0.251 e. The van der Waals surface area contributed by atoms with Crippen LogP contribution in [-0.2, 0) is 24.4 Å². The van der Waals surface area contributed by atoms with Gasteiger partial charge in [0, 0.05) is 45.3 Å². The monoisotopic (exact) mass is 340 g/mol. The highest BCUT2D eigenvalue weighted by molar-refractivity contribution is 5.94. The van der Waals surface area contributed by atoms with Crippen molar-refractivity contribution in [2.45, 2.75) is 26.1 Å². The molecule has 1 aliphatic rings. The Morgan fingerprint density at radius 2 is 1.88 bits per heavy atom. The molecule has 0 aromatic heterocycles. The molecular weight excluding hydrogens is 316 g/mol. The zero-order valence-electron chi connectivity index (χ0n) is 14.5. The molecule has 0 fully saturated rings. The maximum absolute atomic E-state index is 12.3. The Labute approximate surface area is 148 Å². The predicted octanol–water partition coefficient (Wildman–Crippen LogP) is 2.64. The molecule has 0 saturated carbocycles. The molecule has 2 aromatic carbocycles. The van der Waals surface area contributed by atoms with E-state index in [0.29, 0.717) is 25.3 Å².